The normalized spacial score (nSPS) is 11.6. The Morgan fingerprint density at radius 2 is 1.00 bits per heavy atom. The largest absolute Gasteiger partial charge is 0.505 e. The quantitative estimate of drug-likeness (QED) is 0.0329. The number of carbonyl (C=O) groups is 1. The van der Waals surface area contributed by atoms with Crippen LogP contribution in [0, 0.1) is 13.8 Å². The molecule has 0 aliphatic heterocycles. The molecule has 15 rings (SSSR count). The summed E-state index contributed by atoms with van der Waals surface area (Å²) in [5.74, 6) is -0.821. The number of aromatic hydroxyl groups is 2. The summed E-state index contributed by atoms with van der Waals surface area (Å²) in [7, 11) is 0. The van der Waals surface area contributed by atoms with Crippen molar-refractivity contribution in [3.05, 3.63) is 294 Å². The number of carbonyl (C=O) groups excluding carboxylic acids is 1. The van der Waals surface area contributed by atoms with E-state index in [0.717, 1.165) is 112 Å². The van der Waals surface area contributed by atoms with Crippen molar-refractivity contribution in [2.24, 2.45) is 20.5 Å². The zero-order valence-electron chi connectivity index (χ0n) is 52.3. The van der Waals surface area contributed by atoms with E-state index in [-0.39, 0.29) is 36.8 Å². The fraction of sp³-hybridized carbons (Fsp3) is 0.0854. The van der Waals surface area contributed by atoms with Crippen LogP contribution in [0.3, 0.4) is 0 Å². The first kappa shape index (κ1) is 61.1. The molecule has 1 amide bonds. The number of para-hydroxylation sites is 3. The predicted octanol–water partition coefficient (Wildman–Crippen LogP) is 22.9. The monoisotopic (exact) mass is 1260 g/mol. The topological polar surface area (TPSA) is 187 Å². The van der Waals surface area contributed by atoms with Crippen LogP contribution in [0.4, 0.5) is 62.6 Å². The van der Waals surface area contributed by atoms with Crippen molar-refractivity contribution in [2.75, 3.05) is 21.0 Å². The standard InChI is InChI=1S/C81H64N10O4.CH4/c1-4-53-13-5-8-17-70(53)90-95-48-56-46-54-26-42-67-65-15-6-9-18-71(65)84-75(67)73(54)77(79(56)92)88-86-59-32-28-57(29-33-59)82-58-30-34-60(35-31-58)87-89-78-74-55(27-43-68-66-16-7-10-19-72(66)85-76(68)74)47-69(80(78)93)81(94)83-61-14-11-12-52(45-61)44-51-24-40-64(41-25-51)91(62-36-20-49(2)21-37-62)63-38-22-50(3)23-39-63;/h5-43,45-47,82,84-85,90,92-93H,4,44,48H2,1-3H3,(H,83,94);1H4. The van der Waals surface area contributed by atoms with Gasteiger partial charge in [0.25, 0.3) is 5.91 Å². The van der Waals surface area contributed by atoms with Gasteiger partial charge in [0.15, 0.2) is 5.75 Å². The number of nitrogens with zero attached hydrogens (tertiary/aromatic N) is 5. The Kier molecular flexibility index (Phi) is 16.8. The molecule has 13 aromatic carbocycles. The summed E-state index contributed by atoms with van der Waals surface area (Å²) >= 11 is 0. The number of hydrogen-bond acceptors (Lipinski definition) is 11. The third kappa shape index (κ3) is 12.2. The Labute approximate surface area is 554 Å². The molecule has 15 aromatic rings. The van der Waals surface area contributed by atoms with E-state index in [1.807, 2.05) is 152 Å². The van der Waals surface area contributed by atoms with Crippen molar-refractivity contribution < 1.29 is 19.8 Å². The van der Waals surface area contributed by atoms with Crippen molar-refractivity contribution in [2.45, 2.75) is 47.6 Å². The Morgan fingerprint density at radius 1 is 0.479 bits per heavy atom. The van der Waals surface area contributed by atoms with Crippen LogP contribution in [0.25, 0.3) is 65.2 Å². The third-order valence-electron chi connectivity index (χ3n) is 17.5. The van der Waals surface area contributed by atoms with Gasteiger partial charge in [0.2, 0.25) is 0 Å². The van der Waals surface area contributed by atoms with Crippen molar-refractivity contribution in [3.63, 3.8) is 0 Å². The van der Waals surface area contributed by atoms with Crippen LogP contribution < -0.4 is 21.0 Å². The number of nitrogens with one attached hydrogen (secondary N) is 5. The summed E-state index contributed by atoms with van der Waals surface area (Å²) < 4.78 is 0. The molecule has 0 saturated heterocycles. The number of amides is 1. The number of rotatable bonds is 18. The van der Waals surface area contributed by atoms with Crippen LogP contribution >= 0.6 is 0 Å². The van der Waals surface area contributed by atoms with Crippen molar-refractivity contribution in [3.8, 4) is 11.5 Å². The molecule has 96 heavy (non-hydrogen) atoms. The maximum absolute atomic E-state index is 14.5. The molecule has 7 N–H and O–H groups in total. The summed E-state index contributed by atoms with van der Waals surface area (Å²) in [5.41, 5.74) is 20.7. The van der Waals surface area contributed by atoms with Crippen LogP contribution in [-0.4, -0.2) is 26.1 Å². The van der Waals surface area contributed by atoms with Crippen LogP contribution in [0.5, 0.6) is 11.5 Å². The van der Waals surface area contributed by atoms with E-state index < -0.39 is 5.91 Å². The molecule has 0 fully saturated rings. The lowest BCUT2D eigenvalue weighted by molar-refractivity contribution is 0.102. The molecule has 0 saturated carbocycles. The van der Waals surface area contributed by atoms with Gasteiger partial charge in [0.05, 0.1) is 33.7 Å². The first-order valence-corrected chi connectivity index (χ1v) is 31.6. The van der Waals surface area contributed by atoms with E-state index in [9.17, 15) is 15.0 Å². The van der Waals surface area contributed by atoms with Gasteiger partial charge in [-0.1, -0.05) is 153 Å². The Hall–Kier alpha value is -12.4. The SMILES string of the molecule is C.CCc1ccccc1NOCc1cc2ccc3c4ccccc4[nH]c3c2c(N=Nc2ccc(Nc3ccc(N=Nc4c(O)c(C(=O)Nc5cccc(Cc6ccc(N(c7ccc(C)cc7)c7ccc(C)cc7)cc6)c5)cc5ccc6c7ccccc7[nH]c6c45)cc3)cc2)c1O. The van der Waals surface area contributed by atoms with E-state index in [2.05, 4.69) is 159 Å². The molecule has 2 heterocycles. The van der Waals surface area contributed by atoms with Gasteiger partial charge in [-0.05, 0) is 182 Å². The smallest absolute Gasteiger partial charge is 0.259 e. The maximum Gasteiger partial charge on any atom is 0.259 e. The predicted molar refractivity (Wildman–Crippen MR) is 393 cm³/mol. The van der Waals surface area contributed by atoms with Crippen LogP contribution in [0.1, 0.15) is 58.1 Å². The second-order valence-corrected chi connectivity index (χ2v) is 23.9. The number of hydrogen-bond donors (Lipinski definition) is 7. The number of anilines is 7. The Morgan fingerprint density at radius 3 is 1.57 bits per heavy atom. The lowest BCUT2D eigenvalue weighted by Gasteiger charge is -2.26. The molecule has 0 bridgehead atoms. The number of benzene rings is 13. The number of H-pyrrole nitrogens is 2. The molecular weight excluding hydrogens is 1190 g/mol. The summed E-state index contributed by atoms with van der Waals surface area (Å²) in [6.45, 7) is 6.36. The number of phenols is 2. The van der Waals surface area contributed by atoms with E-state index in [4.69, 9.17) is 15.1 Å². The molecule has 0 atom stereocenters. The third-order valence-corrected chi connectivity index (χ3v) is 17.5. The Bertz CT molecular complexity index is 5420. The molecule has 470 valence electrons. The van der Waals surface area contributed by atoms with Gasteiger partial charge in [0.1, 0.15) is 23.7 Å². The van der Waals surface area contributed by atoms with Gasteiger partial charge in [-0.2, -0.15) is 10.2 Å². The zero-order valence-corrected chi connectivity index (χ0v) is 52.3. The van der Waals surface area contributed by atoms with Gasteiger partial charge < -0.3 is 35.7 Å². The van der Waals surface area contributed by atoms with Gasteiger partial charge in [-0.15, -0.1) is 10.2 Å². The first-order valence-electron chi connectivity index (χ1n) is 31.6. The number of aromatic nitrogens is 2. The van der Waals surface area contributed by atoms with Crippen LogP contribution in [0.2, 0.25) is 0 Å². The van der Waals surface area contributed by atoms with Gasteiger partial charge in [0, 0.05) is 83.0 Å². The van der Waals surface area contributed by atoms with Crippen LogP contribution in [-0.2, 0) is 24.3 Å². The summed E-state index contributed by atoms with van der Waals surface area (Å²) in [6.07, 6.45) is 1.47. The van der Waals surface area contributed by atoms with E-state index >= 15 is 0 Å². The molecule has 0 aliphatic carbocycles. The highest BCUT2D eigenvalue weighted by molar-refractivity contribution is 6.23. The van der Waals surface area contributed by atoms with E-state index in [1.54, 1.807) is 6.07 Å². The van der Waals surface area contributed by atoms with Gasteiger partial charge in [-0.25, -0.2) is 0 Å². The zero-order chi connectivity index (χ0) is 64.5. The number of aryl methyl sites for hydroxylation is 3. The molecule has 0 aliphatic rings. The minimum Gasteiger partial charge on any atom is -0.505 e. The average molecular weight is 1260 g/mol. The molecule has 2 aromatic heterocycles. The maximum atomic E-state index is 14.5. The highest BCUT2D eigenvalue weighted by Crippen LogP contribution is 2.47. The Balaban J connectivity index is 0.00000792. The fourth-order valence-corrected chi connectivity index (χ4v) is 12.6. The molecule has 0 unspecified atom stereocenters. The van der Waals surface area contributed by atoms with Gasteiger partial charge >= 0.3 is 0 Å². The highest BCUT2D eigenvalue weighted by Gasteiger charge is 2.23. The molecule has 14 heteroatoms. The minimum absolute atomic E-state index is 0. The molecular formula is C82H68N10O4. The van der Waals surface area contributed by atoms with Crippen LogP contribution in [0.15, 0.2) is 275 Å². The van der Waals surface area contributed by atoms with E-state index in [1.165, 1.54) is 11.1 Å². The highest BCUT2D eigenvalue weighted by atomic mass is 16.6. The second kappa shape index (κ2) is 26.3. The minimum atomic E-state index is -0.493. The lowest BCUT2D eigenvalue weighted by atomic mass is 9.99. The first-order chi connectivity index (χ1) is 46.5. The van der Waals surface area contributed by atoms with Crippen molar-refractivity contribution in [1.82, 2.24) is 9.97 Å². The number of aromatic amines is 2. The summed E-state index contributed by atoms with van der Waals surface area (Å²) in [6, 6.07) is 84.3. The average Bonchev–Trinajstić information content (AvgIpc) is 1.46. The number of fused-ring (bicyclic) bond motifs is 10. The van der Waals surface area contributed by atoms with Crippen molar-refractivity contribution in [1.29, 1.82) is 0 Å². The molecule has 0 radical (unpaired) electrons. The summed E-state index contributed by atoms with van der Waals surface area (Å²) in [5, 5.41) is 56.6. The van der Waals surface area contributed by atoms with Gasteiger partial charge in [-0.3, -0.25) is 15.1 Å². The molecule has 0 spiro atoms. The molecule has 14 nitrogen and oxygen atoms in total. The number of phenolic OH excluding ortho intramolecular Hbond substituents is 2. The summed E-state index contributed by atoms with van der Waals surface area (Å²) in [4.78, 5) is 29.9. The van der Waals surface area contributed by atoms with Crippen molar-refractivity contribution >= 4 is 134 Å². The van der Waals surface area contributed by atoms with E-state index in [0.29, 0.717) is 45.5 Å². The fourth-order valence-electron chi connectivity index (χ4n) is 12.6. The number of azo groups is 2. The second-order valence-electron chi connectivity index (χ2n) is 23.9. The lowest BCUT2D eigenvalue weighted by Crippen LogP contribution is -2.12.